The van der Waals surface area contributed by atoms with Crippen LogP contribution in [-0.2, 0) is 9.22 Å². The van der Waals surface area contributed by atoms with E-state index in [0.29, 0.717) is 12.3 Å². The molecule has 2 aromatic rings. The Kier molecular flexibility index (Phi) is 7.36. The van der Waals surface area contributed by atoms with Crippen LogP contribution in [0.25, 0.3) is 0 Å². The lowest BCUT2D eigenvalue weighted by molar-refractivity contribution is -0.108. The predicted octanol–water partition coefficient (Wildman–Crippen LogP) is 4.57. The molecule has 0 N–H and O–H groups in total. The van der Waals surface area contributed by atoms with Crippen LogP contribution in [0.5, 0.6) is 0 Å². The van der Waals surface area contributed by atoms with E-state index in [1.807, 2.05) is 0 Å². The van der Waals surface area contributed by atoms with Crippen LogP contribution >= 0.6 is 0 Å². The molecule has 0 saturated carbocycles. The summed E-state index contributed by atoms with van der Waals surface area (Å²) >= 11 is 0. The zero-order valence-corrected chi connectivity index (χ0v) is 17.6. The van der Waals surface area contributed by atoms with Gasteiger partial charge in [-0.05, 0) is 34.2 Å². The van der Waals surface area contributed by atoms with E-state index in [9.17, 15) is 4.79 Å². The van der Waals surface area contributed by atoms with Gasteiger partial charge in [0.15, 0.2) is 0 Å². The average Bonchev–Trinajstić information content (AvgIpc) is 2.64. The van der Waals surface area contributed by atoms with Crippen LogP contribution in [0.1, 0.15) is 47.0 Å². The maximum absolute atomic E-state index is 10.6. The van der Waals surface area contributed by atoms with Crippen molar-refractivity contribution in [2.45, 2.75) is 52.0 Å². The number of aldehydes is 1. The maximum atomic E-state index is 10.6. The second kappa shape index (κ2) is 9.29. The Morgan fingerprint density at radius 2 is 1.42 bits per heavy atom. The molecule has 0 saturated heterocycles. The minimum atomic E-state index is -2.42. The largest absolute Gasteiger partial charge is 0.407 e. The zero-order chi connectivity index (χ0) is 19.0. The van der Waals surface area contributed by atoms with Gasteiger partial charge in [-0.25, -0.2) is 0 Å². The topological polar surface area (TPSA) is 26.3 Å². The number of carbonyl (C=O) groups is 1. The van der Waals surface area contributed by atoms with Gasteiger partial charge in [0.2, 0.25) is 0 Å². The van der Waals surface area contributed by atoms with Gasteiger partial charge in [0.05, 0.1) is 0 Å². The maximum Gasteiger partial charge on any atom is 0.261 e. The third kappa shape index (κ3) is 4.71. The Morgan fingerprint density at radius 3 is 1.85 bits per heavy atom. The quantitative estimate of drug-likeness (QED) is 0.479. The van der Waals surface area contributed by atoms with Crippen LogP contribution in [-0.4, -0.2) is 21.2 Å². The summed E-state index contributed by atoms with van der Waals surface area (Å²) in [5.41, 5.74) is 0. The first-order valence-electron chi connectivity index (χ1n) is 9.60. The lowest BCUT2D eigenvalue weighted by Crippen LogP contribution is -2.66. The molecule has 26 heavy (non-hydrogen) atoms. The van der Waals surface area contributed by atoms with Crippen LogP contribution in [0.15, 0.2) is 60.7 Å². The summed E-state index contributed by atoms with van der Waals surface area (Å²) in [5, 5.41) is 2.65. The van der Waals surface area contributed by atoms with Gasteiger partial charge in [0.25, 0.3) is 8.32 Å². The molecule has 0 heterocycles. The van der Waals surface area contributed by atoms with E-state index < -0.39 is 8.32 Å². The summed E-state index contributed by atoms with van der Waals surface area (Å²) in [5.74, 6) is 0.499. The molecule has 1 atom stereocenters. The van der Waals surface area contributed by atoms with Gasteiger partial charge in [0, 0.05) is 13.0 Å². The Hall–Kier alpha value is -1.71. The smallest absolute Gasteiger partial charge is 0.261 e. The first kappa shape index (κ1) is 20.6. The second-order valence-corrected chi connectivity index (χ2v) is 12.5. The minimum absolute atomic E-state index is 0.0156. The van der Waals surface area contributed by atoms with Crippen LogP contribution in [0.4, 0.5) is 0 Å². The van der Waals surface area contributed by atoms with Gasteiger partial charge in [-0.3, -0.25) is 0 Å². The van der Waals surface area contributed by atoms with E-state index in [4.69, 9.17) is 4.43 Å². The van der Waals surface area contributed by atoms with Crippen molar-refractivity contribution in [2.24, 2.45) is 5.92 Å². The fourth-order valence-corrected chi connectivity index (χ4v) is 8.25. The molecule has 3 heteroatoms. The van der Waals surface area contributed by atoms with E-state index in [2.05, 4.69) is 88.4 Å². The second-order valence-electron chi connectivity index (χ2n) is 8.15. The molecule has 2 nitrogen and oxygen atoms in total. The van der Waals surface area contributed by atoms with Gasteiger partial charge >= 0.3 is 0 Å². The van der Waals surface area contributed by atoms with Gasteiger partial charge in [0.1, 0.15) is 6.29 Å². The number of hydrogen-bond donors (Lipinski definition) is 0. The monoisotopic (exact) mass is 368 g/mol. The zero-order valence-electron chi connectivity index (χ0n) is 16.6. The summed E-state index contributed by atoms with van der Waals surface area (Å²) in [4.78, 5) is 10.6. The highest BCUT2D eigenvalue weighted by atomic mass is 28.4. The molecule has 0 spiro atoms. The summed E-state index contributed by atoms with van der Waals surface area (Å²) in [6.45, 7) is 9.84. The molecule has 0 aliphatic rings. The lowest BCUT2D eigenvalue weighted by atomic mass is 10.0. The molecule has 0 aliphatic carbocycles. The van der Waals surface area contributed by atoms with Gasteiger partial charge in [-0.2, -0.15) is 0 Å². The van der Waals surface area contributed by atoms with Crippen molar-refractivity contribution in [3.8, 4) is 0 Å². The normalized spacial score (nSPS) is 13.4. The highest BCUT2D eigenvalue weighted by Gasteiger charge is 2.49. The molecule has 0 aromatic heterocycles. The Morgan fingerprint density at radius 1 is 0.923 bits per heavy atom. The number of rotatable bonds is 9. The molecule has 0 amide bonds. The molecule has 0 unspecified atom stereocenters. The molecule has 140 valence electrons. The lowest BCUT2D eigenvalue weighted by Gasteiger charge is -2.43. The van der Waals surface area contributed by atoms with Crippen LogP contribution < -0.4 is 10.4 Å². The number of benzene rings is 2. The third-order valence-corrected chi connectivity index (χ3v) is 10.2. The van der Waals surface area contributed by atoms with E-state index in [1.165, 1.54) is 10.4 Å². The fourth-order valence-electron chi connectivity index (χ4n) is 3.67. The fraction of sp³-hybridized carbons (Fsp3) is 0.435. The molecule has 2 rings (SSSR count). The minimum Gasteiger partial charge on any atom is -0.407 e. The van der Waals surface area contributed by atoms with E-state index in [0.717, 1.165) is 25.7 Å². The van der Waals surface area contributed by atoms with E-state index >= 15 is 0 Å². The van der Waals surface area contributed by atoms with Gasteiger partial charge in [-0.1, -0.05) is 88.4 Å². The summed E-state index contributed by atoms with van der Waals surface area (Å²) in [7, 11) is -2.42. The van der Waals surface area contributed by atoms with Crippen LogP contribution in [0.3, 0.4) is 0 Å². The van der Waals surface area contributed by atoms with E-state index in [1.54, 1.807) is 0 Å². The highest BCUT2D eigenvalue weighted by Crippen LogP contribution is 2.36. The molecular weight excluding hydrogens is 336 g/mol. The number of carbonyl (C=O) groups excluding carboxylic acids is 1. The molecule has 2 aromatic carbocycles. The first-order chi connectivity index (χ1) is 12.4. The molecule has 0 bridgehead atoms. The van der Waals surface area contributed by atoms with Crippen molar-refractivity contribution in [1.82, 2.24) is 0 Å². The summed E-state index contributed by atoms with van der Waals surface area (Å²) < 4.78 is 6.87. The van der Waals surface area contributed by atoms with Crippen LogP contribution in [0.2, 0.25) is 5.04 Å². The highest BCUT2D eigenvalue weighted by molar-refractivity contribution is 6.99. The van der Waals surface area contributed by atoms with Crippen molar-refractivity contribution in [2.75, 3.05) is 6.61 Å². The number of hydrogen-bond acceptors (Lipinski definition) is 2. The van der Waals surface area contributed by atoms with Crippen molar-refractivity contribution >= 4 is 25.0 Å². The predicted molar refractivity (Wildman–Crippen MR) is 113 cm³/mol. The third-order valence-electron chi connectivity index (χ3n) is 5.12. The van der Waals surface area contributed by atoms with Crippen molar-refractivity contribution in [3.05, 3.63) is 60.7 Å². The summed E-state index contributed by atoms with van der Waals surface area (Å²) in [6, 6.07) is 21.5. The molecular formula is C23H32O2Si. The van der Waals surface area contributed by atoms with Crippen molar-refractivity contribution in [1.29, 1.82) is 0 Å². The Bertz CT molecular complexity index is 622. The van der Waals surface area contributed by atoms with E-state index in [-0.39, 0.29) is 5.04 Å². The van der Waals surface area contributed by atoms with Crippen LogP contribution in [0, 0.1) is 5.92 Å². The van der Waals surface area contributed by atoms with Crippen molar-refractivity contribution in [3.63, 3.8) is 0 Å². The average molecular weight is 369 g/mol. The van der Waals surface area contributed by atoms with Crippen molar-refractivity contribution < 1.29 is 9.22 Å². The Labute approximate surface area is 159 Å². The SMILES string of the molecule is C[C@@H](CCC=O)CCO[Si](c1ccccc1)(c1ccccc1)C(C)(C)C. The molecule has 0 fully saturated rings. The molecule has 0 aliphatic heterocycles. The van der Waals surface area contributed by atoms with Gasteiger partial charge < -0.3 is 9.22 Å². The van der Waals surface area contributed by atoms with Gasteiger partial charge in [-0.15, -0.1) is 0 Å². The molecule has 0 radical (unpaired) electrons. The Balaban J connectivity index is 2.36. The first-order valence-corrected chi connectivity index (χ1v) is 11.5. The summed E-state index contributed by atoms with van der Waals surface area (Å²) in [6.07, 6.45) is 3.58. The standard InChI is InChI=1S/C23H32O2Si/c1-20(12-11-18-24)17-19-25-26(23(2,3)4,21-13-7-5-8-14-21)22-15-9-6-10-16-22/h5-10,13-16,18,20H,11-12,17,19H2,1-4H3/t20-/m0/s1.